The average Bonchev–Trinajstić information content (AvgIpc) is 3.40. The molecule has 438 valence electrons. The van der Waals surface area contributed by atoms with Gasteiger partial charge in [-0.3, -0.25) is 4.79 Å². The Morgan fingerprint density at radius 1 is 0.324 bits per heavy atom. The van der Waals surface area contributed by atoms with Crippen LogP contribution < -0.4 is 5.32 Å². The number of amides is 1. The maximum atomic E-state index is 12.6. The van der Waals surface area contributed by atoms with Crippen LogP contribution in [0.3, 0.4) is 0 Å². The molecule has 0 radical (unpaired) electrons. The largest absolute Gasteiger partial charge is 0.394 e. The SMILES string of the molecule is CCCCCCC/C=C\C/C=C\C/C=C\CCCCCCCCCCCCCCCCCCCCCCCCC(=O)NC(CO)C(O)CCCCCCCCCCCCCCCCCCCCCCCCCCC. The number of rotatable bonds is 64. The van der Waals surface area contributed by atoms with Gasteiger partial charge in [0.2, 0.25) is 5.91 Å². The Bertz CT molecular complexity index is 1130. The number of unbranched alkanes of at least 4 members (excludes halogenated alkanes) is 51. The van der Waals surface area contributed by atoms with E-state index in [0.29, 0.717) is 12.8 Å². The minimum atomic E-state index is -0.659. The Hall–Kier alpha value is -1.39. The molecule has 1 amide bonds. The van der Waals surface area contributed by atoms with E-state index in [-0.39, 0.29) is 12.5 Å². The average molecular weight is 1040 g/mol. The molecular formula is C70H135NO3. The Morgan fingerprint density at radius 3 is 0.824 bits per heavy atom. The molecule has 4 heteroatoms. The minimum absolute atomic E-state index is 0.0228. The van der Waals surface area contributed by atoms with Gasteiger partial charge in [0.25, 0.3) is 0 Å². The van der Waals surface area contributed by atoms with Crippen molar-refractivity contribution in [3.05, 3.63) is 36.5 Å². The first kappa shape index (κ1) is 72.6. The molecule has 0 aromatic carbocycles. The summed E-state index contributed by atoms with van der Waals surface area (Å²) in [6, 6.07) is -0.536. The summed E-state index contributed by atoms with van der Waals surface area (Å²) in [6.45, 7) is 4.39. The van der Waals surface area contributed by atoms with E-state index in [1.807, 2.05) is 0 Å². The van der Waals surface area contributed by atoms with Crippen molar-refractivity contribution >= 4 is 5.91 Å². The maximum Gasteiger partial charge on any atom is 0.220 e. The molecule has 0 bridgehead atoms. The Labute approximate surface area is 465 Å². The highest BCUT2D eigenvalue weighted by Gasteiger charge is 2.20. The first-order valence-electron chi connectivity index (χ1n) is 34.2. The quantitative estimate of drug-likeness (QED) is 0.0420. The van der Waals surface area contributed by atoms with Gasteiger partial charge < -0.3 is 15.5 Å². The highest BCUT2D eigenvalue weighted by atomic mass is 16.3. The molecule has 4 nitrogen and oxygen atoms in total. The van der Waals surface area contributed by atoms with Gasteiger partial charge in [0, 0.05) is 6.42 Å². The lowest BCUT2D eigenvalue weighted by Crippen LogP contribution is -2.45. The summed E-state index contributed by atoms with van der Waals surface area (Å²) in [4.78, 5) is 12.6. The van der Waals surface area contributed by atoms with Gasteiger partial charge in [-0.05, 0) is 51.4 Å². The number of aliphatic hydroxyl groups excluding tert-OH is 2. The summed E-state index contributed by atoms with van der Waals surface area (Å²) in [5.41, 5.74) is 0. The lowest BCUT2D eigenvalue weighted by Gasteiger charge is -2.22. The van der Waals surface area contributed by atoms with E-state index < -0.39 is 12.1 Å². The van der Waals surface area contributed by atoms with Crippen LogP contribution in [0.4, 0.5) is 0 Å². The second kappa shape index (κ2) is 65.9. The molecule has 0 aliphatic rings. The zero-order valence-electron chi connectivity index (χ0n) is 50.6. The van der Waals surface area contributed by atoms with Crippen LogP contribution in [0.1, 0.15) is 386 Å². The number of carbonyl (C=O) groups is 1. The molecule has 2 atom stereocenters. The van der Waals surface area contributed by atoms with E-state index in [1.54, 1.807) is 0 Å². The van der Waals surface area contributed by atoms with Crippen molar-refractivity contribution in [3.63, 3.8) is 0 Å². The normalized spacial score (nSPS) is 12.9. The molecule has 0 saturated carbocycles. The number of aliphatic hydroxyl groups is 2. The summed E-state index contributed by atoms with van der Waals surface area (Å²) in [5.74, 6) is -0.0228. The van der Waals surface area contributed by atoms with Crippen molar-refractivity contribution in [2.24, 2.45) is 0 Å². The molecule has 3 N–H and O–H groups in total. The van der Waals surface area contributed by atoms with Crippen LogP contribution in [0.25, 0.3) is 0 Å². The molecule has 0 aliphatic heterocycles. The Kier molecular flexibility index (Phi) is 64.7. The number of hydrogen-bond acceptors (Lipinski definition) is 3. The van der Waals surface area contributed by atoms with Gasteiger partial charge in [0.1, 0.15) is 0 Å². The third kappa shape index (κ3) is 61.5. The van der Waals surface area contributed by atoms with Crippen molar-refractivity contribution in [1.82, 2.24) is 5.32 Å². The molecule has 0 aromatic heterocycles. The van der Waals surface area contributed by atoms with Gasteiger partial charge >= 0.3 is 0 Å². The standard InChI is InChI=1S/C70H135NO3/c1-3-5-7-9-11-13-15-17-19-21-23-25-27-29-30-31-32-33-34-35-36-37-38-39-40-42-44-46-48-50-52-54-56-58-60-62-64-66-70(74)71-68(67-72)69(73)65-63-61-59-57-55-53-51-49-47-45-43-41-28-26-24-22-20-18-16-14-12-10-8-6-4-2/h15,17,21,23,27,29,68-69,72-73H,3-14,16,18-20,22,24-26,28,30-67H2,1-2H3,(H,71,74)/b17-15-,23-21-,29-27-. The van der Waals surface area contributed by atoms with Gasteiger partial charge in [-0.1, -0.05) is 365 Å². The van der Waals surface area contributed by atoms with Crippen LogP contribution in [0.5, 0.6) is 0 Å². The van der Waals surface area contributed by atoms with Gasteiger partial charge in [-0.2, -0.15) is 0 Å². The predicted molar refractivity (Wildman–Crippen MR) is 332 cm³/mol. The fourth-order valence-corrected chi connectivity index (χ4v) is 11.0. The molecule has 0 saturated heterocycles. The van der Waals surface area contributed by atoms with Crippen molar-refractivity contribution in [2.45, 2.75) is 398 Å². The molecule has 0 rings (SSSR count). The van der Waals surface area contributed by atoms with Crippen LogP contribution in [-0.4, -0.2) is 34.9 Å². The Morgan fingerprint density at radius 2 is 0.554 bits per heavy atom. The number of hydrogen-bond donors (Lipinski definition) is 3. The monoisotopic (exact) mass is 1040 g/mol. The lowest BCUT2D eigenvalue weighted by atomic mass is 10.0. The van der Waals surface area contributed by atoms with E-state index in [9.17, 15) is 15.0 Å². The second-order valence-corrected chi connectivity index (χ2v) is 23.6. The summed E-state index contributed by atoms with van der Waals surface area (Å²) >= 11 is 0. The summed E-state index contributed by atoms with van der Waals surface area (Å²) < 4.78 is 0. The molecule has 2 unspecified atom stereocenters. The molecule has 0 spiro atoms. The van der Waals surface area contributed by atoms with Gasteiger partial charge in [0.15, 0.2) is 0 Å². The van der Waals surface area contributed by atoms with Crippen LogP contribution in [-0.2, 0) is 4.79 Å². The fourth-order valence-electron chi connectivity index (χ4n) is 11.0. The smallest absolute Gasteiger partial charge is 0.220 e. The number of nitrogens with one attached hydrogen (secondary N) is 1. The predicted octanol–water partition coefficient (Wildman–Crippen LogP) is 23.2. The summed E-state index contributed by atoms with van der Waals surface area (Å²) in [6.07, 6.45) is 90.5. The van der Waals surface area contributed by atoms with E-state index in [0.717, 1.165) is 38.5 Å². The Balaban J connectivity index is 3.39. The van der Waals surface area contributed by atoms with E-state index in [1.165, 1.54) is 321 Å². The molecule has 74 heavy (non-hydrogen) atoms. The molecule has 0 heterocycles. The highest BCUT2D eigenvalue weighted by molar-refractivity contribution is 5.76. The minimum Gasteiger partial charge on any atom is -0.394 e. The first-order valence-corrected chi connectivity index (χ1v) is 34.2. The van der Waals surface area contributed by atoms with Crippen molar-refractivity contribution < 1.29 is 15.0 Å². The summed E-state index contributed by atoms with van der Waals surface area (Å²) in [7, 11) is 0. The van der Waals surface area contributed by atoms with E-state index >= 15 is 0 Å². The van der Waals surface area contributed by atoms with Gasteiger partial charge in [-0.15, -0.1) is 0 Å². The van der Waals surface area contributed by atoms with Crippen LogP contribution in [0.15, 0.2) is 36.5 Å². The fraction of sp³-hybridized carbons (Fsp3) is 0.900. The first-order chi connectivity index (χ1) is 36.7. The highest BCUT2D eigenvalue weighted by Crippen LogP contribution is 2.19. The molecule has 0 aliphatic carbocycles. The van der Waals surface area contributed by atoms with Crippen molar-refractivity contribution in [1.29, 1.82) is 0 Å². The third-order valence-corrected chi connectivity index (χ3v) is 16.2. The zero-order valence-corrected chi connectivity index (χ0v) is 50.6. The van der Waals surface area contributed by atoms with Crippen molar-refractivity contribution in [2.75, 3.05) is 6.61 Å². The van der Waals surface area contributed by atoms with Gasteiger partial charge in [0.05, 0.1) is 18.8 Å². The third-order valence-electron chi connectivity index (χ3n) is 16.2. The van der Waals surface area contributed by atoms with Crippen LogP contribution in [0, 0.1) is 0 Å². The number of allylic oxidation sites excluding steroid dienone is 6. The molecular weight excluding hydrogens is 903 g/mol. The topological polar surface area (TPSA) is 69.6 Å². The second-order valence-electron chi connectivity index (χ2n) is 23.6. The zero-order chi connectivity index (χ0) is 53.4. The van der Waals surface area contributed by atoms with E-state index in [2.05, 4.69) is 55.6 Å². The summed E-state index contributed by atoms with van der Waals surface area (Å²) in [5, 5.41) is 23.5. The lowest BCUT2D eigenvalue weighted by molar-refractivity contribution is -0.123. The number of carbonyl (C=O) groups excluding carboxylic acids is 1. The van der Waals surface area contributed by atoms with Gasteiger partial charge in [-0.25, -0.2) is 0 Å². The van der Waals surface area contributed by atoms with Crippen LogP contribution in [0.2, 0.25) is 0 Å². The van der Waals surface area contributed by atoms with Crippen molar-refractivity contribution in [3.8, 4) is 0 Å². The molecule has 0 fully saturated rings. The maximum absolute atomic E-state index is 12.6. The van der Waals surface area contributed by atoms with E-state index in [4.69, 9.17) is 0 Å². The molecule has 0 aromatic rings. The van der Waals surface area contributed by atoms with Crippen LogP contribution >= 0.6 is 0 Å².